The smallest absolute Gasteiger partial charge is 0.138 e. The highest BCUT2D eigenvalue weighted by molar-refractivity contribution is 6.13. The number of hydrogen-bond donors (Lipinski definition) is 0. The Bertz CT molecular complexity index is 3170. The Hall–Kier alpha value is -7.23. The van der Waals surface area contributed by atoms with Crippen LogP contribution in [0.15, 0.2) is 201 Å². The highest BCUT2D eigenvalue weighted by Crippen LogP contribution is 2.39. The number of nitrogens with zero attached hydrogens (tertiary/aromatic N) is 3. The molecule has 0 fully saturated rings. The van der Waals surface area contributed by atoms with E-state index in [1.807, 2.05) is 25.2 Å². The average Bonchev–Trinajstić information content (AvgIpc) is 3.76. The summed E-state index contributed by atoms with van der Waals surface area (Å²) in [4.78, 5) is 5.34. The molecular weight excluding hydrogens is 667 g/mol. The molecule has 0 N–H and O–H groups in total. The van der Waals surface area contributed by atoms with Gasteiger partial charge in [0, 0.05) is 26.9 Å². The van der Waals surface area contributed by atoms with Gasteiger partial charge >= 0.3 is 0 Å². The summed E-state index contributed by atoms with van der Waals surface area (Å²) in [7, 11) is 0. The van der Waals surface area contributed by atoms with Crippen LogP contribution in [0.3, 0.4) is 0 Å². The molecule has 3 heterocycles. The second-order valence-corrected chi connectivity index (χ2v) is 14.0. The number of allylic oxidation sites excluding steroid dienone is 5. The maximum atomic E-state index is 5.34. The minimum atomic E-state index is 0.863. The van der Waals surface area contributed by atoms with Gasteiger partial charge < -0.3 is 4.57 Å². The van der Waals surface area contributed by atoms with Crippen LogP contribution < -0.4 is 0 Å². The molecule has 0 unspecified atom stereocenters. The molecule has 0 aliphatic heterocycles. The molecule has 0 aliphatic rings. The minimum absolute atomic E-state index is 0.863. The van der Waals surface area contributed by atoms with Gasteiger partial charge in [-0.1, -0.05) is 152 Å². The summed E-state index contributed by atoms with van der Waals surface area (Å²) in [6.07, 6.45) is 8.03. The van der Waals surface area contributed by atoms with Crippen molar-refractivity contribution < 1.29 is 0 Å². The molecule has 55 heavy (non-hydrogen) atoms. The Kier molecular flexibility index (Phi) is 7.85. The van der Waals surface area contributed by atoms with Gasteiger partial charge in [-0.3, -0.25) is 4.57 Å². The third-order valence-corrected chi connectivity index (χ3v) is 10.8. The predicted molar refractivity (Wildman–Crippen MR) is 234 cm³/mol. The maximum absolute atomic E-state index is 5.34. The fourth-order valence-corrected chi connectivity index (χ4v) is 8.25. The average molecular weight is 704 g/mol. The SMILES string of the molecule is C=C/C(=C\C=C/C)c1cc(-c2ccccc2)cc(-n2c3ccccc3c3ccc(-c4ccc5c(c4)c4ccccc4n5-c4cccc5ccccc45)cc32)n1. The zero-order chi connectivity index (χ0) is 36.9. The molecule has 0 aliphatic carbocycles. The second kappa shape index (κ2) is 13.3. The van der Waals surface area contributed by atoms with Crippen molar-refractivity contribution in [1.82, 2.24) is 14.1 Å². The van der Waals surface area contributed by atoms with E-state index < -0.39 is 0 Å². The fraction of sp³-hybridized carbons (Fsp3) is 0.0192. The van der Waals surface area contributed by atoms with Gasteiger partial charge in [0.15, 0.2) is 0 Å². The summed E-state index contributed by atoms with van der Waals surface area (Å²) < 4.78 is 4.74. The third kappa shape index (κ3) is 5.40. The molecule has 0 radical (unpaired) electrons. The van der Waals surface area contributed by atoms with Gasteiger partial charge in [-0.2, -0.15) is 0 Å². The van der Waals surface area contributed by atoms with E-state index in [1.165, 1.54) is 54.6 Å². The summed E-state index contributed by atoms with van der Waals surface area (Å²) in [6, 6.07) is 61.3. The Morgan fingerprint density at radius 2 is 1.13 bits per heavy atom. The quantitative estimate of drug-likeness (QED) is 0.152. The zero-order valence-electron chi connectivity index (χ0n) is 30.5. The van der Waals surface area contributed by atoms with E-state index in [9.17, 15) is 0 Å². The summed E-state index contributed by atoms with van der Waals surface area (Å²) in [6.45, 7) is 6.17. The first-order valence-corrected chi connectivity index (χ1v) is 18.8. The number of pyridine rings is 1. The normalized spacial score (nSPS) is 12.2. The van der Waals surface area contributed by atoms with Gasteiger partial charge in [0.05, 0.1) is 33.4 Å². The highest BCUT2D eigenvalue weighted by Gasteiger charge is 2.18. The first-order valence-electron chi connectivity index (χ1n) is 18.8. The topological polar surface area (TPSA) is 22.8 Å². The van der Waals surface area contributed by atoms with Gasteiger partial charge in [-0.15, -0.1) is 0 Å². The van der Waals surface area contributed by atoms with Crippen LogP contribution in [0.1, 0.15) is 12.6 Å². The van der Waals surface area contributed by atoms with E-state index in [0.717, 1.165) is 44.8 Å². The Balaban J connectivity index is 1.20. The predicted octanol–water partition coefficient (Wildman–Crippen LogP) is 13.9. The lowest BCUT2D eigenvalue weighted by molar-refractivity contribution is 1.07. The number of para-hydroxylation sites is 2. The van der Waals surface area contributed by atoms with E-state index in [1.54, 1.807) is 0 Å². The zero-order valence-corrected chi connectivity index (χ0v) is 30.5. The molecule has 10 aromatic rings. The standard InChI is InChI=1S/C52H37N3/c1-3-5-16-35(4-2)46-32-40(36-17-7-6-8-18-36)34-52(53-46)55-49-25-14-11-22-42(49)44-29-27-39(33-51(44)55)38-28-30-50-45(31-38)43-23-12-13-24-48(43)54(50)47-26-15-20-37-19-9-10-21-41(37)47/h3-34H,2H2,1H3/b5-3-,35-16+. The number of fused-ring (bicyclic) bond motifs is 7. The Morgan fingerprint density at radius 3 is 1.93 bits per heavy atom. The molecular formula is C52H37N3. The molecule has 0 saturated heterocycles. The van der Waals surface area contributed by atoms with E-state index in [4.69, 9.17) is 4.98 Å². The van der Waals surface area contributed by atoms with Crippen LogP contribution in [0.25, 0.3) is 93.7 Å². The maximum Gasteiger partial charge on any atom is 0.138 e. The summed E-state index contributed by atoms with van der Waals surface area (Å²) in [5.74, 6) is 0.863. The third-order valence-electron chi connectivity index (χ3n) is 10.8. The molecule has 3 aromatic heterocycles. The lowest BCUT2D eigenvalue weighted by Gasteiger charge is -2.14. The van der Waals surface area contributed by atoms with Crippen LogP contribution >= 0.6 is 0 Å². The fourth-order valence-electron chi connectivity index (χ4n) is 8.25. The number of hydrogen-bond acceptors (Lipinski definition) is 1. The van der Waals surface area contributed by atoms with Crippen molar-refractivity contribution >= 4 is 60.0 Å². The van der Waals surface area contributed by atoms with Gasteiger partial charge in [-0.05, 0) is 88.7 Å². The van der Waals surface area contributed by atoms with Crippen molar-refractivity contribution in [3.05, 3.63) is 206 Å². The molecule has 10 rings (SSSR count). The van der Waals surface area contributed by atoms with Crippen molar-refractivity contribution in [2.45, 2.75) is 6.92 Å². The van der Waals surface area contributed by atoms with Crippen LogP contribution in [0.5, 0.6) is 0 Å². The van der Waals surface area contributed by atoms with Crippen LogP contribution in [0.2, 0.25) is 0 Å². The lowest BCUT2D eigenvalue weighted by atomic mass is 10.0. The molecule has 0 bridgehead atoms. The first kappa shape index (κ1) is 32.4. The Labute approximate surface area is 320 Å². The molecule has 0 atom stereocenters. The van der Waals surface area contributed by atoms with Crippen molar-refractivity contribution in [1.29, 1.82) is 0 Å². The monoisotopic (exact) mass is 703 g/mol. The van der Waals surface area contributed by atoms with E-state index in [2.05, 4.69) is 192 Å². The number of aromatic nitrogens is 3. The molecule has 260 valence electrons. The highest BCUT2D eigenvalue weighted by atomic mass is 15.1. The Morgan fingerprint density at radius 1 is 0.491 bits per heavy atom. The molecule has 3 nitrogen and oxygen atoms in total. The van der Waals surface area contributed by atoms with Crippen LogP contribution in [-0.4, -0.2) is 14.1 Å². The van der Waals surface area contributed by atoms with Crippen molar-refractivity contribution in [2.75, 3.05) is 0 Å². The molecule has 0 spiro atoms. The van der Waals surface area contributed by atoms with Crippen LogP contribution in [-0.2, 0) is 0 Å². The van der Waals surface area contributed by atoms with Crippen LogP contribution in [0.4, 0.5) is 0 Å². The first-order chi connectivity index (χ1) is 27.2. The van der Waals surface area contributed by atoms with Gasteiger partial charge in [-0.25, -0.2) is 4.98 Å². The molecule has 7 aromatic carbocycles. The summed E-state index contributed by atoms with van der Waals surface area (Å²) >= 11 is 0. The van der Waals surface area contributed by atoms with Crippen LogP contribution in [0, 0.1) is 0 Å². The van der Waals surface area contributed by atoms with Crippen molar-refractivity contribution in [3.8, 4) is 33.8 Å². The van der Waals surface area contributed by atoms with E-state index >= 15 is 0 Å². The largest absolute Gasteiger partial charge is 0.309 e. The minimum Gasteiger partial charge on any atom is -0.309 e. The second-order valence-electron chi connectivity index (χ2n) is 14.0. The van der Waals surface area contributed by atoms with Crippen molar-refractivity contribution in [3.63, 3.8) is 0 Å². The number of benzene rings is 7. The van der Waals surface area contributed by atoms with Crippen molar-refractivity contribution in [2.24, 2.45) is 0 Å². The lowest BCUT2D eigenvalue weighted by Crippen LogP contribution is -2.01. The van der Waals surface area contributed by atoms with E-state index in [-0.39, 0.29) is 0 Å². The summed E-state index contributed by atoms with van der Waals surface area (Å²) in [5.41, 5.74) is 12.2. The van der Waals surface area contributed by atoms with Gasteiger partial charge in [0.1, 0.15) is 5.82 Å². The van der Waals surface area contributed by atoms with Gasteiger partial charge in [0.25, 0.3) is 0 Å². The number of rotatable bonds is 7. The van der Waals surface area contributed by atoms with Gasteiger partial charge in [0.2, 0.25) is 0 Å². The molecule has 0 amide bonds. The summed E-state index contributed by atoms with van der Waals surface area (Å²) in [5, 5.41) is 7.32. The molecule has 3 heteroatoms. The molecule has 0 saturated carbocycles. The van der Waals surface area contributed by atoms with E-state index in [0.29, 0.717) is 0 Å².